The van der Waals surface area contributed by atoms with Gasteiger partial charge in [0.1, 0.15) is 5.75 Å². The SMILES string of the molecule is O=C(c1cccc(-c2ccc3c(c2)OCO3)c1)N1CCC2(CCCCOC[C@@H]3CCCN3C(=O)c3ccccc3OC2)CC1. The number of likely N-dealkylation sites (tertiary alicyclic amines) is 1. The first-order chi connectivity index (χ1) is 21.6. The van der Waals surface area contributed by atoms with Crippen LogP contribution in [0, 0.1) is 5.41 Å². The number of amides is 2. The fourth-order valence-electron chi connectivity index (χ4n) is 7.10. The van der Waals surface area contributed by atoms with Gasteiger partial charge in [-0.25, -0.2) is 0 Å². The van der Waals surface area contributed by atoms with Gasteiger partial charge in [0.15, 0.2) is 11.5 Å². The Hall–Kier alpha value is -4.04. The predicted molar refractivity (Wildman–Crippen MR) is 166 cm³/mol. The van der Waals surface area contributed by atoms with Gasteiger partial charge in [-0.15, -0.1) is 0 Å². The van der Waals surface area contributed by atoms with E-state index in [4.69, 9.17) is 18.9 Å². The molecule has 8 heteroatoms. The van der Waals surface area contributed by atoms with Gasteiger partial charge >= 0.3 is 0 Å². The Morgan fingerprint density at radius 2 is 1.61 bits per heavy atom. The molecule has 2 amide bonds. The second-order valence-corrected chi connectivity index (χ2v) is 12.6. The van der Waals surface area contributed by atoms with Crippen LogP contribution in [0.1, 0.15) is 65.7 Å². The van der Waals surface area contributed by atoms with E-state index in [1.807, 2.05) is 76.5 Å². The van der Waals surface area contributed by atoms with Crippen molar-refractivity contribution in [2.75, 3.05) is 46.2 Å². The third-order valence-electron chi connectivity index (χ3n) is 9.77. The van der Waals surface area contributed by atoms with Crippen LogP contribution in [0.3, 0.4) is 0 Å². The summed E-state index contributed by atoms with van der Waals surface area (Å²) in [5, 5.41) is 0. The van der Waals surface area contributed by atoms with Gasteiger partial charge in [0.25, 0.3) is 11.8 Å². The summed E-state index contributed by atoms with van der Waals surface area (Å²) in [5.74, 6) is 2.20. The van der Waals surface area contributed by atoms with Gasteiger partial charge in [0, 0.05) is 37.2 Å². The van der Waals surface area contributed by atoms with Crippen molar-refractivity contribution >= 4 is 11.8 Å². The van der Waals surface area contributed by atoms with Gasteiger partial charge in [-0.05, 0) is 86.1 Å². The van der Waals surface area contributed by atoms with Gasteiger partial charge in [0.2, 0.25) is 6.79 Å². The van der Waals surface area contributed by atoms with Crippen LogP contribution >= 0.6 is 0 Å². The Morgan fingerprint density at radius 3 is 2.52 bits per heavy atom. The smallest absolute Gasteiger partial charge is 0.257 e. The molecule has 0 radical (unpaired) electrons. The van der Waals surface area contributed by atoms with E-state index in [9.17, 15) is 9.59 Å². The Balaban J connectivity index is 1.05. The molecule has 0 N–H and O–H groups in total. The van der Waals surface area contributed by atoms with E-state index < -0.39 is 0 Å². The van der Waals surface area contributed by atoms with E-state index >= 15 is 0 Å². The summed E-state index contributed by atoms with van der Waals surface area (Å²) in [6, 6.07) is 21.5. The summed E-state index contributed by atoms with van der Waals surface area (Å²) in [6.07, 6.45) is 6.72. The number of rotatable bonds is 2. The lowest BCUT2D eigenvalue weighted by molar-refractivity contribution is 0.0303. The first-order valence-corrected chi connectivity index (χ1v) is 16.0. The third-order valence-corrected chi connectivity index (χ3v) is 9.77. The lowest BCUT2D eigenvalue weighted by atomic mass is 9.75. The first kappa shape index (κ1) is 28.7. The molecule has 2 fully saturated rings. The van der Waals surface area contributed by atoms with Crippen molar-refractivity contribution in [2.45, 2.75) is 51.0 Å². The molecular formula is C36H40N2O6. The molecule has 1 atom stereocenters. The Morgan fingerprint density at radius 1 is 0.773 bits per heavy atom. The average molecular weight is 597 g/mol. The molecule has 4 aliphatic heterocycles. The lowest BCUT2D eigenvalue weighted by Gasteiger charge is -2.42. The highest BCUT2D eigenvalue weighted by molar-refractivity contribution is 5.97. The van der Waals surface area contributed by atoms with E-state index in [0.717, 1.165) is 74.1 Å². The van der Waals surface area contributed by atoms with Crippen LogP contribution in [0.5, 0.6) is 17.2 Å². The zero-order valence-corrected chi connectivity index (χ0v) is 25.2. The van der Waals surface area contributed by atoms with Crippen LogP contribution in [0.15, 0.2) is 66.7 Å². The number of para-hydroxylation sites is 1. The Kier molecular flexibility index (Phi) is 8.17. The third kappa shape index (κ3) is 5.87. The van der Waals surface area contributed by atoms with E-state index in [-0.39, 0.29) is 30.1 Å². The average Bonchev–Trinajstić information content (AvgIpc) is 3.74. The maximum Gasteiger partial charge on any atom is 0.257 e. The molecule has 0 aromatic heterocycles. The monoisotopic (exact) mass is 596 g/mol. The minimum absolute atomic E-state index is 0.0289. The molecule has 2 saturated heterocycles. The molecule has 0 bridgehead atoms. The van der Waals surface area contributed by atoms with Crippen LogP contribution in [0.4, 0.5) is 0 Å². The van der Waals surface area contributed by atoms with Gasteiger partial charge in [0.05, 0.1) is 24.8 Å². The lowest BCUT2D eigenvalue weighted by Crippen LogP contribution is -2.45. The van der Waals surface area contributed by atoms with Gasteiger partial charge in [-0.2, -0.15) is 0 Å². The topological polar surface area (TPSA) is 77.5 Å². The number of hydrogen-bond donors (Lipinski definition) is 0. The number of hydrogen-bond acceptors (Lipinski definition) is 6. The van der Waals surface area contributed by atoms with Crippen molar-refractivity contribution in [1.82, 2.24) is 9.80 Å². The van der Waals surface area contributed by atoms with Crippen molar-refractivity contribution in [3.8, 4) is 28.4 Å². The zero-order chi connectivity index (χ0) is 29.9. The Labute approximate surface area is 258 Å². The maximum absolute atomic E-state index is 13.7. The summed E-state index contributed by atoms with van der Waals surface area (Å²) >= 11 is 0. The number of carbonyl (C=O) groups excluding carboxylic acids is 2. The summed E-state index contributed by atoms with van der Waals surface area (Å²) in [6.45, 7) is 4.16. The second kappa shape index (κ2) is 12.5. The number of benzene rings is 3. The minimum Gasteiger partial charge on any atom is -0.492 e. The first-order valence-electron chi connectivity index (χ1n) is 16.0. The van der Waals surface area contributed by atoms with Crippen LogP contribution in [0.2, 0.25) is 0 Å². The molecule has 8 nitrogen and oxygen atoms in total. The highest BCUT2D eigenvalue weighted by Crippen LogP contribution is 2.39. The van der Waals surface area contributed by atoms with E-state index in [0.29, 0.717) is 49.8 Å². The van der Waals surface area contributed by atoms with Crippen LogP contribution in [-0.2, 0) is 4.74 Å². The van der Waals surface area contributed by atoms with E-state index in [2.05, 4.69) is 0 Å². The highest BCUT2D eigenvalue weighted by Gasteiger charge is 2.38. The molecule has 4 heterocycles. The van der Waals surface area contributed by atoms with Gasteiger partial charge in [-0.1, -0.05) is 36.8 Å². The quantitative estimate of drug-likeness (QED) is 0.351. The van der Waals surface area contributed by atoms with Crippen LogP contribution in [-0.4, -0.2) is 73.9 Å². The second-order valence-electron chi connectivity index (χ2n) is 12.6. The van der Waals surface area contributed by atoms with Crippen molar-refractivity contribution in [3.63, 3.8) is 0 Å². The number of fused-ring (bicyclic) bond motifs is 3. The van der Waals surface area contributed by atoms with Crippen molar-refractivity contribution < 1.29 is 28.5 Å². The van der Waals surface area contributed by atoms with Crippen molar-refractivity contribution in [1.29, 1.82) is 0 Å². The van der Waals surface area contributed by atoms with Crippen LogP contribution in [0.25, 0.3) is 11.1 Å². The molecule has 0 unspecified atom stereocenters. The van der Waals surface area contributed by atoms with Gasteiger partial charge < -0.3 is 28.7 Å². The zero-order valence-electron chi connectivity index (χ0n) is 25.2. The number of piperidine rings is 1. The molecule has 230 valence electrons. The maximum atomic E-state index is 13.7. The minimum atomic E-state index is -0.0679. The van der Waals surface area contributed by atoms with Crippen molar-refractivity contribution in [2.24, 2.45) is 5.41 Å². The van der Waals surface area contributed by atoms with Crippen molar-refractivity contribution in [3.05, 3.63) is 77.9 Å². The predicted octanol–water partition coefficient (Wildman–Crippen LogP) is 6.19. The van der Waals surface area contributed by atoms with Crippen LogP contribution < -0.4 is 14.2 Å². The molecule has 44 heavy (non-hydrogen) atoms. The number of ether oxygens (including phenoxy) is 4. The molecule has 7 rings (SSSR count). The summed E-state index contributed by atoms with van der Waals surface area (Å²) < 4.78 is 23.6. The standard InChI is InChI=1S/C36H40N2O6/c39-34(28-8-5-7-26(21-28)27-12-13-32-33(22-27)44-25-43-32)37-18-15-36(16-19-37)14-3-4-20-41-23-29-9-6-17-38(29)35(40)30-10-1-2-11-31(30)42-24-36/h1-2,5,7-8,10-13,21-22,29H,3-4,6,9,14-20,23-25H2/t29-/m0/s1. The molecular weight excluding hydrogens is 556 g/mol. The number of carbonyl (C=O) groups is 2. The molecule has 0 saturated carbocycles. The molecule has 0 aliphatic carbocycles. The van der Waals surface area contributed by atoms with E-state index in [1.165, 1.54) is 0 Å². The summed E-state index contributed by atoms with van der Waals surface area (Å²) in [4.78, 5) is 31.3. The normalized spacial score (nSPS) is 21.7. The fraction of sp³-hybridized carbons (Fsp3) is 0.444. The fourth-order valence-corrected chi connectivity index (χ4v) is 7.10. The highest BCUT2D eigenvalue weighted by atomic mass is 16.7. The molecule has 1 spiro atoms. The van der Waals surface area contributed by atoms with Gasteiger partial charge in [-0.3, -0.25) is 9.59 Å². The largest absolute Gasteiger partial charge is 0.492 e. The molecule has 3 aromatic carbocycles. The molecule has 3 aromatic rings. The molecule has 4 aliphatic rings. The summed E-state index contributed by atoms with van der Waals surface area (Å²) in [5.41, 5.74) is 3.20. The van der Waals surface area contributed by atoms with E-state index in [1.54, 1.807) is 0 Å². The number of nitrogens with zero attached hydrogens (tertiary/aromatic N) is 2. The summed E-state index contributed by atoms with van der Waals surface area (Å²) in [7, 11) is 0. The Bertz CT molecular complexity index is 1510.